The minimum Gasteiger partial charge on any atom is -0.491 e. The molecule has 2 unspecified atom stereocenters. The first-order valence-electron chi connectivity index (χ1n) is 9.70. The molecular weight excluding hydrogens is 356 g/mol. The average molecular weight is 384 g/mol. The number of rotatable bonds is 6. The first-order chi connectivity index (χ1) is 13.3. The van der Waals surface area contributed by atoms with E-state index < -0.39 is 0 Å². The van der Waals surface area contributed by atoms with Crippen molar-refractivity contribution in [3.63, 3.8) is 0 Å². The van der Waals surface area contributed by atoms with Crippen molar-refractivity contribution in [3.05, 3.63) is 48.2 Å². The largest absolute Gasteiger partial charge is 0.491 e. The summed E-state index contributed by atoms with van der Waals surface area (Å²) in [5.74, 6) is 0.169. The summed E-state index contributed by atoms with van der Waals surface area (Å²) in [6, 6.07) is 7.34. The molecule has 0 aliphatic carbocycles. The van der Waals surface area contributed by atoms with Gasteiger partial charge in [0, 0.05) is 19.6 Å². The van der Waals surface area contributed by atoms with Crippen molar-refractivity contribution < 1.29 is 19.1 Å². The standard InChI is InChI=1S/C22H28N2O4/c1-6-11-24-21(25)19(17-7-9-18(10-8-17)27-14(2)3)20(22(24)26)23-12-15(4)28-16(5)13-23/h6-10,14-16H,1,11-13H2,2-5H3. The zero-order valence-corrected chi connectivity index (χ0v) is 17.0. The molecule has 0 aromatic heterocycles. The highest BCUT2D eigenvalue weighted by Gasteiger charge is 2.42. The second-order valence-corrected chi connectivity index (χ2v) is 7.59. The molecule has 2 aliphatic rings. The third-order valence-electron chi connectivity index (χ3n) is 4.71. The van der Waals surface area contributed by atoms with Gasteiger partial charge in [0.05, 0.1) is 23.9 Å². The Balaban J connectivity index is 2.02. The third-order valence-corrected chi connectivity index (χ3v) is 4.71. The Hall–Kier alpha value is -2.60. The molecule has 0 spiro atoms. The molecule has 2 amide bonds. The number of hydrogen-bond acceptors (Lipinski definition) is 5. The van der Waals surface area contributed by atoms with Crippen molar-refractivity contribution in [3.8, 4) is 5.75 Å². The predicted octanol–water partition coefficient (Wildman–Crippen LogP) is 2.85. The van der Waals surface area contributed by atoms with E-state index in [-0.39, 0.29) is 36.7 Å². The third kappa shape index (κ3) is 3.97. The van der Waals surface area contributed by atoms with Crippen LogP contribution in [0, 0.1) is 0 Å². The molecule has 1 aromatic rings. The topological polar surface area (TPSA) is 59.1 Å². The van der Waals surface area contributed by atoms with Gasteiger partial charge in [0.25, 0.3) is 11.8 Å². The van der Waals surface area contributed by atoms with Crippen molar-refractivity contribution in [2.24, 2.45) is 0 Å². The Kier molecular flexibility index (Phi) is 5.89. The van der Waals surface area contributed by atoms with Crippen LogP contribution in [0.1, 0.15) is 33.3 Å². The molecule has 6 heteroatoms. The molecule has 0 N–H and O–H groups in total. The molecule has 1 aromatic carbocycles. The first-order valence-corrected chi connectivity index (χ1v) is 9.70. The Morgan fingerprint density at radius 2 is 1.75 bits per heavy atom. The Bertz CT molecular complexity index is 787. The lowest BCUT2D eigenvalue weighted by Gasteiger charge is -2.37. The number of nitrogens with zero attached hydrogens (tertiary/aromatic N) is 2. The van der Waals surface area contributed by atoms with E-state index in [9.17, 15) is 9.59 Å². The number of benzene rings is 1. The summed E-state index contributed by atoms with van der Waals surface area (Å²) in [6.45, 7) is 12.9. The minimum absolute atomic E-state index is 0.0179. The second kappa shape index (κ2) is 8.19. The van der Waals surface area contributed by atoms with Gasteiger partial charge < -0.3 is 14.4 Å². The number of carbonyl (C=O) groups is 2. The molecule has 1 saturated heterocycles. The number of amides is 2. The Morgan fingerprint density at radius 1 is 1.14 bits per heavy atom. The molecule has 2 atom stereocenters. The van der Waals surface area contributed by atoms with Crippen LogP contribution in [0.2, 0.25) is 0 Å². The van der Waals surface area contributed by atoms with Crippen LogP contribution in [0.3, 0.4) is 0 Å². The van der Waals surface area contributed by atoms with E-state index in [4.69, 9.17) is 9.47 Å². The van der Waals surface area contributed by atoms with E-state index >= 15 is 0 Å². The normalized spacial score (nSPS) is 23.0. The van der Waals surface area contributed by atoms with Crippen molar-refractivity contribution in [2.45, 2.75) is 46.0 Å². The van der Waals surface area contributed by atoms with E-state index in [1.165, 1.54) is 4.90 Å². The lowest BCUT2D eigenvalue weighted by Crippen LogP contribution is -2.47. The van der Waals surface area contributed by atoms with Crippen LogP contribution in [-0.2, 0) is 14.3 Å². The van der Waals surface area contributed by atoms with Gasteiger partial charge in [-0.2, -0.15) is 0 Å². The first kappa shape index (κ1) is 20.1. The zero-order valence-electron chi connectivity index (χ0n) is 17.0. The van der Waals surface area contributed by atoms with Gasteiger partial charge in [-0.25, -0.2) is 0 Å². The summed E-state index contributed by atoms with van der Waals surface area (Å²) in [5.41, 5.74) is 1.60. The smallest absolute Gasteiger partial charge is 0.278 e. The summed E-state index contributed by atoms with van der Waals surface area (Å²) in [4.78, 5) is 29.4. The minimum atomic E-state index is -0.288. The Labute approximate surface area is 166 Å². The zero-order chi connectivity index (χ0) is 20.4. The second-order valence-electron chi connectivity index (χ2n) is 7.59. The average Bonchev–Trinajstić information content (AvgIpc) is 2.86. The van der Waals surface area contributed by atoms with E-state index in [2.05, 4.69) is 6.58 Å². The monoisotopic (exact) mass is 384 g/mol. The van der Waals surface area contributed by atoms with Crippen molar-refractivity contribution in [1.29, 1.82) is 0 Å². The van der Waals surface area contributed by atoms with Crippen LogP contribution < -0.4 is 4.74 Å². The van der Waals surface area contributed by atoms with Gasteiger partial charge >= 0.3 is 0 Å². The van der Waals surface area contributed by atoms with Gasteiger partial charge in [-0.3, -0.25) is 14.5 Å². The molecule has 1 fully saturated rings. The lowest BCUT2D eigenvalue weighted by molar-refractivity contribution is -0.137. The summed E-state index contributed by atoms with van der Waals surface area (Å²) >= 11 is 0. The summed E-state index contributed by atoms with van der Waals surface area (Å²) in [6.07, 6.45) is 1.60. The van der Waals surface area contributed by atoms with Crippen LogP contribution in [-0.4, -0.2) is 59.6 Å². The number of carbonyl (C=O) groups excluding carboxylic acids is 2. The fraction of sp³-hybridized carbons (Fsp3) is 0.455. The van der Waals surface area contributed by atoms with Crippen molar-refractivity contribution in [2.75, 3.05) is 19.6 Å². The van der Waals surface area contributed by atoms with Crippen LogP contribution in [0.15, 0.2) is 42.6 Å². The maximum absolute atomic E-state index is 13.1. The highest BCUT2D eigenvalue weighted by atomic mass is 16.5. The summed E-state index contributed by atoms with van der Waals surface area (Å²) < 4.78 is 11.5. The lowest BCUT2D eigenvalue weighted by atomic mass is 10.0. The van der Waals surface area contributed by atoms with Crippen LogP contribution in [0.25, 0.3) is 5.57 Å². The van der Waals surface area contributed by atoms with Gasteiger partial charge in [0.2, 0.25) is 0 Å². The van der Waals surface area contributed by atoms with Gasteiger partial charge in [0.1, 0.15) is 11.4 Å². The van der Waals surface area contributed by atoms with Gasteiger partial charge in [-0.15, -0.1) is 6.58 Å². The maximum atomic E-state index is 13.1. The van der Waals surface area contributed by atoms with E-state index in [0.717, 1.165) is 5.75 Å². The summed E-state index contributed by atoms with van der Waals surface area (Å²) in [5, 5.41) is 0. The molecule has 2 heterocycles. The quantitative estimate of drug-likeness (QED) is 0.558. The predicted molar refractivity (Wildman–Crippen MR) is 108 cm³/mol. The molecule has 0 saturated carbocycles. The molecule has 2 aliphatic heterocycles. The van der Waals surface area contributed by atoms with Crippen LogP contribution >= 0.6 is 0 Å². The molecule has 28 heavy (non-hydrogen) atoms. The molecule has 0 radical (unpaired) electrons. The number of imide groups is 1. The molecule has 150 valence electrons. The van der Waals surface area contributed by atoms with Crippen molar-refractivity contribution >= 4 is 17.4 Å². The van der Waals surface area contributed by atoms with Gasteiger partial charge in [0.15, 0.2) is 0 Å². The van der Waals surface area contributed by atoms with E-state index in [0.29, 0.717) is 29.9 Å². The molecule has 0 bridgehead atoms. The SMILES string of the molecule is C=CCN1C(=O)C(c2ccc(OC(C)C)cc2)=C(N2CC(C)OC(C)C2)C1=O. The highest BCUT2D eigenvalue weighted by Crippen LogP contribution is 2.34. The molecule has 3 rings (SSSR count). The molecular formula is C22H28N2O4. The fourth-order valence-corrected chi connectivity index (χ4v) is 3.74. The fourth-order valence-electron chi connectivity index (χ4n) is 3.74. The van der Waals surface area contributed by atoms with Crippen LogP contribution in [0.4, 0.5) is 0 Å². The number of ether oxygens (including phenoxy) is 2. The number of hydrogen-bond donors (Lipinski definition) is 0. The Morgan fingerprint density at radius 3 is 2.29 bits per heavy atom. The highest BCUT2D eigenvalue weighted by molar-refractivity contribution is 6.35. The number of morpholine rings is 1. The maximum Gasteiger partial charge on any atom is 0.278 e. The van der Waals surface area contributed by atoms with Crippen molar-refractivity contribution in [1.82, 2.24) is 9.80 Å². The van der Waals surface area contributed by atoms with Crippen LogP contribution in [0.5, 0.6) is 5.75 Å². The van der Waals surface area contributed by atoms with Gasteiger partial charge in [-0.05, 0) is 45.4 Å². The van der Waals surface area contributed by atoms with E-state index in [1.54, 1.807) is 6.08 Å². The molecule has 6 nitrogen and oxygen atoms in total. The van der Waals surface area contributed by atoms with E-state index in [1.807, 2.05) is 56.9 Å². The summed E-state index contributed by atoms with van der Waals surface area (Å²) in [7, 11) is 0. The van der Waals surface area contributed by atoms with Gasteiger partial charge in [-0.1, -0.05) is 18.2 Å².